The van der Waals surface area contributed by atoms with Gasteiger partial charge in [0.05, 0.1) is 0 Å². The summed E-state index contributed by atoms with van der Waals surface area (Å²) in [6, 6.07) is 16.7. The van der Waals surface area contributed by atoms with Gasteiger partial charge in [-0.3, -0.25) is 0 Å². The van der Waals surface area contributed by atoms with Crippen molar-refractivity contribution < 1.29 is 4.39 Å². The van der Waals surface area contributed by atoms with Crippen LogP contribution in [0.5, 0.6) is 0 Å². The van der Waals surface area contributed by atoms with Gasteiger partial charge in [0.1, 0.15) is 5.82 Å². The Labute approximate surface area is 111 Å². The second kappa shape index (κ2) is 4.86. The zero-order chi connectivity index (χ0) is 13.2. The van der Waals surface area contributed by atoms with Crippen LogP contribution in [-0.2, 0) is 0 Å². The average Bonchev–Trinajstić information content (AvgIpc) is 2.85. The summed E-state index contributed by atoms with van der Waals surface area (Å²) in [6.45, 7) is 0.485. The normalized spacial score (nSPS) is 12.7. The molecule has 3 aromatic rings. The van der Waals surface area contributed by atoms with Crippen LogP contribution in [0.1, 0.15) is 17.2 Å². The van der Waals surface area contributed by atoms with Crippen molar-refractivity contribution in [1.29, 1.82) is 0 Å². The highest BCUT2D eigenvalue weighted by Gasteiger charge is 2.14. The minimum absolute atomic E-state index is 0.0630. The van der Waals surface area contributed by atoms with E-state index in [1.807, 2.05) is 18.2 Å². The highest BCUT2D eigenvalue weighted by molar-refractivity contribution is 5.80. The number of nitrogens with two attached hydrogens (primary N) is 1. The Bertz CT molecular complexity index is 652. The lowest BCUT2D eigenvalue weighted by atomic mass is 9.96. The molecule has 0 saturated carbocycles. The Morgan fingerprint density at radius 3 is 2.47 bits per heavy atom. The second-order valence-electron chi connectivity index (χ2n) is 4.65. The van der Waals surface area contributed by atoms with E-state index < -0.39 is 0 Å². The molecule has 0 aliphatic carbocycles. The van der Waals surface area contributed by atoms with Crippen LogP contribution in [0, 0.1) is 5.82 Å². The van der Waals surface area contributed by atoms with Crippen LogP contribution in [0.4, 0.5) is 4.39 Å². The van der Waals surface area contributed by atoms with E-state index in [-0.39, 0.29) is 11.7 Å². The number of benzene rings is 2. The van der Waals surface area contributed by atoms with E-state index in [1.165, 1.54) is 12.1 Å². The number of aromatic nitrogens is 1. The van der Waals surface area contributed by atoms with Crippen molar-refractivity contribution in [2.45, 2.75) is 5.92 Å². The van der Waals surface area contributed by atoms with E-state index in [1.54, 1.807) is 12.1 Å². The Morgan fingerprint density at radius 1 is 1.05 bits per heavy atom. The van der Waals surface area contributed by atoms with Gasteiger partial charge in [-0.1, -0.05) is 30.3 Å². The minimum Gasteiger partial charge on any atom is -0.358 e. The van der Waals surface area contributed by atoms with Gasteiger partial charge < -0.3 is 10.7 Å². The molecule has 3 heteroatoms. The molecule has 0 amide bonds. The fourth-order valence-corrected chi connectivity index (χ4v) is 2.42. The zero-order valence-corrected chi connectivity index (χ0v) is 10.4. The highest BCUT2D eigenvalue weighted by atomic mass is 19.1. The van der Waals surface area contributed by atoms with Crippen LogP contribution in [0.25, 0.3) is 10.9 Å². The number of H-pyrrole nitrogens is 1. The maximum atomic E-state index is 13.0. The van der Waals surface area contributed by atoms with Gasteiger partial charge in [-0.25, -0.2) is 4.39 Å². The molecular weight excluding hydrogens is 239 g/mol. The first-order chi connectivity index (χ1) is 9.28. The van der Waals surface area contributed by atoms with E-state index in [9.17, 15) is 4.39 Å². The summed E-state index contributed by atoms with van der Waals surface area (Å²) in [5.41, 5.74) is 9.07. The highest BCUT2D eigenvalue weighted by Crippen LogP contribution is 2.26. The quantitative estimate of drug-likeness (QED) is 0.739. The molecule has 1 atom stereocenters. The third-order valence-corrected chi connectivity index (χ3v) is 3.43. The smallest absolute Gasteiger partial charge is 0.123 e. The summed E-state index contributed by atoms with van der Waals surface area (Å²) < 4.78 is 13.0. The number of nitrogens with one attached hydrogen (secondary N) is 1. The van der Waals surface area contributed by atoms with Crippen LogP contribution in [0.3, 0.4) is 0 Å². The summed E-state index contributed by atoms with van der Waals surface area (Å²) in [5.74, 6) is -0.163. The molecule has 19 heavy (non-hydrogen) atoms. The molecule has 3 rings (SSSR count). The van der Waals surface area contributed by atoms with Gasteiger partial charge >= 0.3 is 0 Å². The number of rotatable bonds is 3. The third kappa shape index (κ3) is 2.25. The van der Waals surface area contributed by atoms with Gasteiger partial charge in [-0.15, -0.1) is 0 Å². The van der Waals surface area contributed by atoms with E-state index in [0.29, 0.717) is 6.54 Å². The third-order valence-electron chi connectivity index (χ3n) is 3.43. The monoisotopic (exact) mass is 254 g/mol. The molecule has 0 aliphatic heterocycles. The Kier molecular flexibility index (Phi) is 3.05. The summed E-state index contributed by atoms with van der Waals surface area (Å²) in [4.78, 5) is 3.39. The number of halogens is 1. The van der Waals surface area contributed by atoms with Gasteiger partial charge in [0.15, 0.2) is 0 Å². The van der Waals surface area contributed by atoms with Gasteiger partial charge in [0, 0.05) is 23.7 Å². The molecule has 96 valence electrons. The molecule has 0 radical (unpaired) electrons. The molecule has 3 N–H and O–H groups in total. The second-order valence-corrected chi connectivity index (χ2v) is 4.65. The number of aromatic amines is 1. The van der Waals surface area contributed by atoms with Crippen LogP contribution in [-0.4, -0.2) is 11.5 Å². The first kappa shape index (κ1) is 11.9. The standard InChI is InChI=1S/C16H15FN2/c17-13-7-5-11(6-8-13)14(10-18)16-9-12-3-1-2-4-15(12)19-16/h1-9,14,19H,10,18H2. The molecule has 0 spiro atoms. The number of fused-ring (bicyclic) bond motifs is 1. The van der Waals surface area contributed by atoms with Gasteiger partial charge in [0.2, 0.25) is 0 Å². The summed E-state index contributed by atoms with van der Waals surface area (Å²) in [7, 11) is 0. The van der Waals surface area contributed by atoms with Gasteiger partial charge in [-0.05, 0) is 35.2 Å². The van der Waals surface area contributed by atoms with Crippen LogP contribution < -0.4 is 5.73 Å². The maximum Gasteiger partial charge on any atom is 0.123 e. The first-order valence-corrected chi connectivity index (χ1v) is 6.31. The van der Waals surface area contributed by atoms with E-state index >= 15 is 0 Å². The van der Waals surface area contributed by atoms with E-state index in [0.717, 1.165) is 22.2 Å². The van der Waals surface area contributed by atoms with Gasteiger partial charge in [0.25, 0.3) is 0 Å². The molecule has 0 saturated heterocycles. The number of hydrogen-bond acceptors (Lipinski definition) is 1. The van der Waals surface area contributed by atoms with Crippen molar-refractivity contribution >= 4 is 10.9 Å². The van der Waals surface area contributed by atoms with Crippen molar-refractivity contribution in [1.82, 2.24) is 4.98 Å². The first-order valence-electron chi connectivity index (χ1n) is 6.31. The molecular formula is C16H15FN2. The predicted molar refractivity (Wildman–Crippen MR) is 75.6 cm³/mol. The van der Waals surface area contributed by atoms with Crippen molar-refractivity contribution in [3.05, 3.63) is 71.7 Å². The summed E-state index contributed by atoms with van der Waals surface area (Å²) >= 11 is 0. The fourth-order valence-electron chi connectivity index (χ4n) is 2.42. The molecule has 0 bridgehead atoms. The molecule has 1 heterocycles. The summed E-state index contributed by atoms with van der Waals surface area (Å²) in [5, 5.41) is 1.16. The van der Waals surface area contributed by atoms with Crippen molar-refractivity contribution in [3.63, 3.8) is 0 Å². The van der Waals surface area contributed by atoms with Crippen LogP contribution in [0.2, 0.25) is 0 Å². The molecule has 2 nitrogen and oxygen atoms in total. The van der Waals surface area contributed by atoms with Crippen LogP contribution >= 0.6 is 0 Å². The lowest BCUT2D eigenvalue weighted by Gasteiger charge is -2.13. The largest absolute Gasteiger partial charge is 0.358 e. The van der Waals surface area contributed by atoms with Crippen LogP contribution in [0.15, 0.2) is 54.6 Å². The van der Waals surface area contributed by atoms with Crippen molar-refractivity contribution in [2.75, 3.05) is 6.54 Å². The average molecular weight is 254 g/mol. The van der Waals surface area contributed by atoms with Gasteiger partial charge in [-0.2, -0.15) is 0 Å². The Morgan fingerprint density at radius 2 is 1.79 bits per heavy atom. The molecule has 0 fully saturated rings. The molecule has 1 aromatic heterocycles. The lowest BCUT2D eigenvalue weighted by Crippen LogP contribution is -2.14. The zero-order valence-electron chi connectivity index (χ0n) is 10.4. The molecule has 1 unspecified atom stereocenters. The predicted octanol–water partition coefficient (Wildman–Crippen LogP) is 3.40. The van der Waals surface area contributed by atoms with E-state index in [2.05, 4.69) is 17.1 Å². The summed E-state index contributed by atoms with van der Waals surface area (Å²) in [6.07, 6.45) is 0. The fraction of sp³-hybridized carbons (Fsp3) is 0.125. The van der Waals surface area contributed by atoms with Crippen molar-refractivity contribution in [2.24, 2.45) is 5.73 Å². The number of para-hydroxylation sites is 1. The topological polar surface area (TPSA) is 41.8 Å². The molecule has 0 aliphatic rings. The lowest BCUT2D eigenvalue weighted by molar-refractivity contribution is 0.626. The van der Waals surface area contributed by atoms with Crippen molar-refractivity contribution in [3.8, 4) is 0 Å². The number of hydrogen-bond donors (Lipinski definition) is 2. The SMILES string of the molecule is NCC(c1ccc(F)cc1)c1cc2ccccc2[nH]1. The minimum atomic E-state index is -0.226. The molecule has 2 aromatic carbocycles. The maximum absolute atomic E-state index is 13.0. The Hall–Kier alpha value is -2.13. The van der Waals surface area contributed by atoms with E-state index in [4.69, 9.17) is 5.73 Å². The Balaban J connectivity index is 2.04.